The molecule has 2 aromatic carbocycles. The Bertz CT molecular complexity index is 1190. The van der Waals surface area contributed by atoms with E-state index in [2.05, 4.69) is 10.3 Å². The van der Waals surface area contributed by atoms with E-state index in [1.807, 2.05) is 74.9 Å². The van der Waals surface area contributed by atoms with Gasteiger partial charge in [-0.25, -0.2) is 13.4 Å². The number of benzene rings is 2. The molecule has 3 aromatic rings. The van der Waals surface area contributed by atoms with Gasteiger partial charge >= 0.3 is 0 Å². The van der Waals surface area contributed by atoms with Crippen LogP contribution >= 0.6 is 0 Å². The zero-order chi connectivity index (χ0) is 22.8. The SMILES string of the molecule is Cc1cc(C)c(N(CC(=O)NCc2ccccc2-n2ccnc2C)S(C)(=O)=O)c(C)c1. The van der Waals surface area contributed by atoms with E-state index in [1.165, 1.54) is 4.31 Å². The summed E-state index contributed by atoms with van der Waals surface area (Å²) in [5, 5.41) is 2.86. The molecular weight excluding hydrogens is 412 g/mol. The number of hydrogen-bond acceptors (Lipinski definition) is 4. The smallest absolute Gasteiger partial charge is 0.241 e. The van der Waals surface area contributed by atoms with Crippen molar-refractivity contribution < 1.29 is 13.2 Å². The summed E-state index contributed by atoms with van der Waals surface area (Å²) in [7, 11) is -3.64. The summed E-state index contributed by atoms with van der Waals surface area (Å²) < 4.78 is 28.2. The fraction of sp³-hybridized carbons (Fsp3) is 0.304. The third-order valence-electron chi connectivity index (χ3n) is 5.13. The number of aromatic nitrogens is 2. The lowest BCUT2D eigenvalue weighted by atomic mass is 10.1. The van der Waals surface area contributed by atoms with Gasteiger partial charge in [0.05, 0.1) is 17.6 Å². The van der Waals surface area contributed by atoms with Gasteiger partial charge in [-0.05, 0) is 50.5 Å². The van der Waals surface area contributed by atoms with Gasteiger partial charge in [0, 0.05) is 18.9 Å². The number of nitrogens with one attached hydrogen (secondary N) is 1. The van der Waals surface area contributed by atoms with Crippen LogP contribution in [0.3, 0.4) is 0 Å². The predicted molar refractivity (Wildman–Crippen MR) is 123 cm³/mol. The largest absolute Gasteiger partial charge is 0.350 e. The Morgan fingerprint density at radius 1 is 1.10 bits per heavy atom. The van der Waals surface area contributed by atoms with Crippen LogP contribution in [-0.2, 0) is 21.4 Å². The van der Waals surface area contributed by atoms with E-state index in [1.54, 1.807) is 6.20 Å². The molecule has 3 rings (SSSR count). The Morgan fingerprint density at radius 2 is 1.74 bits per heavy atom. The molecule has 0 fully saturated rings. The van der Waals surface area contributed by atoms with Gasteiger partial charge in [-0.3, -0.25) is 9.10 Å². The molecule has 1 aromatic heterocycles. The van der Waals surface area contributed by atoms with Crippen LogP contribution in [0.5, 0.6) is 0 Å². The van der Waals surface area contributed by atoms with Gasteiger partial charge in [-0.1, -0.05) is 35.9 Å². The highest BCUT2D eigenvalue weighted by atomic mass is 32.2. The first-order valence-electron chi connectivity index (χ1n) is 9.98. The molecule has 1 amide bonds. The number of sulfonamides is 1. The van der Waals surface area contributed by atoms with E-state index in [-0.39, 0.29) is 19.0 Å². The standard InChI is InChI=1S/C23H28N4O3S/c1-16-12-17(2)23(18(3)13-16)27(31(5,29)30)15-22(28)25-14-20-8-6-7-9-21(20)26-11-10-24-19(26)4/h6-13H,14-15H2,1-5H3,(H,25,28). The van der Waals surface area contributed by atoms with Crippen LogP contribution in [0.1, 0.15) is 28.1 Å². The number of hydrogen-bond donors (Lipinski definition) is 1. The first kappa shape index (κ1) is 22.6. The van der Waals surface area contributed by atoms with Crippen LogP contribution in [0.4, 0.5) is 5.69 Å². The van der Waals surface area contributed by atoms with Gasteiger partial charge in [-0.15, -0.1) is 0 Å². The lowest BCUT2D eigenvalue weighted by Crippen LogP contribution is -2.41. The van der Waals surface area contributed by atoms with Gasteiger partial charge < -0.3 is 9.88 Å². The highest BCUT2D eigenvalue weighted by Crippen LogP contribution is 2.28. The summed E-state index contributed by atoms with van der Waals surface area (Å²) in [6, 6.07) is 11.5. The number of rotatable bonds is 7. The van der Waals surface area contributed by atoms with E-state index in [0.29, 0.717) is 5.69 Å². The van der Waals surface area contributed by atoms with Crippen molar-refractivity contribution in [3.05, 3.63) is 76.9 Å². The topological polar surface area (TPSA) is 84.3 Å². The molecule has 0 radical (unpaired) electrons. The summed E-state index contributed by atoms with van der Waals surface area (Å²) in [5.41, 5.74) is 5.06. The minimum Gasteiger partial charge on any atom is -0.350 e. The van der Waals surface area contributed by atoms with Crippen molar-refractivity contribution in [1.29, 1.82) is 0 Å². The molecule has 1 heterocycles. The Labute approximate surface area is 183 Å². The van der Waals surface area contributed by atoms with E-state index in [9.17, 15) is 13.2 Å². The number of amides is 1. The molecule has 31 heavy (non-hydrogen) atoms. The summed E-state index contributed by atoms with van der Waals surface area (Å²) >= 11 is 0. The second-order valence-electron chi connectivity index (χ2n) is 7.77. The predicted octanol–water partition coefficient (Wildman–Crippen LogP) is 3.19. The van der Waals surface area contributed by atoms with E-state index >= 15 is 0 Å². The maximum atomic E-state index is 12.8. The molecule has 7 nitrogen and oxygen atoms in total. The van der Waals surface area contributed by atoms with Crippen molar-refractivity contribution >= 4 is 21.6 Å². The Kier molecular flexibility index (Phi) is 6.50. The lowest BCUT2D eigenvalue weighted by Gasteiger charge is -2.26. The highest BCUT2D eigenvalue weighted by Gasteiger charge is 2.24. The van der Waals surface area contributed by atoms with Crippen molar-refractivity contribution in [1.82, 2.24) is 14.9 Å². The number of para-hydroxylation sites is 1. The van der Waals surface area contributed by atoms with Gasteiger partial charge in [0.15, 0.2) is 0 Å². The zero-order valence-electron chi connectivity index (χ0n) is 18.5. The number of imidazole rings is 1. The molecule has 0 unspecified atom stereocenters. The molecular formula is C23H28N4O3S. The molecule has 0 saturated heterocycles. The average molecular weight is 441 g/mol. The molecule has 8 heteroatoms. The number of carbonyl (C=O) groups is 1. The molecule has 0 saturated carbocycles. The van der Waals surface area contributed by atoms with Crippen LogP contribution in [0.2, 0.25) is 0 Å². The van der Waals surface area contributed by atoms with Gasteiger partial charge in [0.2, 0.25) is 15.9 Å². The normalized spacial score (nSPS) is 11.4. The summed E-state index contributed by atoms with van der Waals surface area (Å²) in [6.07, 6.45) is 4.71. The monoisotopic (exact) mass is 440 g/mol. The van der Waals surface area contributed by atoms with Gasteiger partial charge in [-0.2, -0.15) is 0 Å². The molecule has 0 atom stereocenters. The van der Waals surface area contributed by atoms with Crippen LogP contribution < -0.4 is 9.62 Å². The van der Waals surface area contributed by atoms with Crippen LogP contribution in [0.25, 0.3) is 5.69 Å². The molecule has 0 aliphatic heterocycles. The Hall–Kier alpha value is -3.13. The first-order valence-corrected chi connectivity index (χ1v) is 11.8. The van der Waals surface area contributed by atoms with Gasteiger partial charge in [0.1, 0.15) is 12.4 Å². The number of nitrogens with zero attached hydrogens (tertiary/aromatic N) is 3. The van der Waals surface area contributed by atoms with Crippen LogP contribution in [0.15, 0.2) is 48.8 Å². The fourth-order valence-electron chi connectivity index (χ4n) is 3.84. The minimum atomic E-state index is -3.64. The van der Waals surface area contributed by atoms with Crippen molar-refractivity contribution in [3.63, 3.8) is 0 Å². The van der Waals surface area contributed by atoms with E-state index in [0.717, 1.165) is 40.0 Å². The maximum Gasteiger partial charge on any atom is 0.241 e. The van der Waals surface area contributed by atoms with Crippen LogP contribution in [0, 0.1) is 27.7 Å². The summed E-state index contributed by atoms with van der Waals surface area (Å²) in [4.78, 5) is 17.0. The average Bonchev–Trinajstić information content (AvgIpc) is 3.10. The second-order valence-corrected chi connectivity index (χ2v) is 9.67. The Balaban J connectivity index is 1.81. The molecule has 0 aliphatic rings. The van der Waals surface area contributed by atoms with Crippen LogP contribution in [-0.4, -0.2) is 36.7 Å². The van der Waals surface area contributed by atoms with Crippen molar-refractivity contribution in [2.75, 3.05) is 17.1 Å². The third-order valence-corrected chi connectivity index (χ3v) is 6.24. The third kappa shape index (κ3) is 5.14. The second kappa shape index (κ2) is 8.93. The van der Waals surface area contributed by atoms with Crippen molar-refractivity contribution in [2.45, 2.75) is 34.2 Å². The summed E-state index contributed by atoms with van der Waals surface area (Å²) in [6.45, 7) is 7.57. The van der Waals surface area contributed by atoms with Crippen molar-refractivity contribution in [2.24, 2.45) is 0 Å². The van der Waals surface area contributed by atoms with Gasteiger partial charge in [0.25, 0.3) is 0 Å². The highest BCUT2D eigenvalue weighted by molar-refractivity contribution is 7.92. The number of carbonyl (C=O) groups excluding carboxylic acids is 1. The molecule has 0 bridgehead atoms. The summed E-state index contributed by atoms with van der Waals surface area (Å²) in [5.74, 6) is 0.467. The molecule has 0 aliphatic carbocycles. The molecule has 1 N–H and O–H groups in total. The maximum absolute atomic E-state index is 12.8. The zero-order valence-corrected chi connectivity index (χ0v) is 19.3. The number of aryl methyl sites for hydroxylation is 4. The van der Waals surface area contributed by atoms with Crippen molar-refractivity contribution in [3.8, 4) is 5.69 Å². The fourth-order valence-corrected chi connectivity index (χ4v) is 4.81. The minimum absolute atomic E-state index is 0.274. The Morgan fingerprint density at radius 3 is 2.32 bits per heavy atom. The van der Waals surface area contributed by atoms with E-state index in [4.69, 9.17) is 0 Å². The molecule has 164 valence electrons. The molecule has 0 spiro atoms. The quantitative estimate of drug-likeness (QED) is 0.612. The van der Waals surface area contributed by atoms with E-state index < -0.39 is 10.0 Å². The first-order chi connectivity index (χ1) is 14.6. The number of anilines is 1. The lowest BCUT2D eigenvalue weighted by molar-refractivity contribution is -0.119.